The van der Waals surface area contributed by atoms with Gasteiger partial charge >= 0.3 is 0 Å². The van der Waals surface area contributed by atoms with E-state index in [4.69, 9.17) is 0 Å². The van der Waals surface area contributed by atoms with Gasteiger partial charge in [-0.05, 0) is 18.1 Å². The first kappa shape index (κ1) is 7.91. The molecule has 0 saturated carbocycles. The molecule has 0 aromatic carbocycles. The van der Waals surface area contributed by atoms with E-state index >= 15 is 0 Å². The predicted octanol–water partition coefficient (Wildman–Crippen LogP) is 0.916. The van der Waals surface area contributed by atoms with Crippen molar-refractivity contribution in [2.45, 2.75) is 13.0 Å². The molecule has 13 heavy (non-hydrogen) atoms. The molecular formula is C9H10N4. The molecule has 2 rings (SSSR count). The highest BCUT2D eigenvalue weighted by Gasteiger charge is 1.93. The molecule has 66 valence electrons. The summed E-state index contributed by atoms with van der Waals surface area (Å²) in [5, 5.41) is 4.02. The number of pyridine rings is 1. The fourth-order valence-electron chi connectivity index (χ4n) is 1.14. The number of nitrogens with zero attached hydrogens (tertiary/aromatic N) is 4. The van der Waals surface area contributed by atoms with Crippen molar-refractivity contribution in [3.63, 3.8) is 0 Å². The van der Waals surface area contributed by atoms with Crippen molar-refractivity contribution in [3.8, 4) is 0 Å². The Morgan fingerprint density at radius 3 is 3.00 bits per heavy atom. The molecule has 0 aliphatic heterocycles. The average Bonchev–Trinajstić information content (AvgIpc) is 2.69. The quantitative estimate of drug-likeness (QED) is 0.694. The van der Waals surface area contributed by atoms with Crippen molar-refractivity contribution >= 4 is 0 Å². The minimum Gasteiger partial charge on any atom is -0.264 e. The third-order valence-electron chi connectivity index (χ3n) is 1.82. The molecular weight excluding hydrogens is 164 g/mol. The molecule has 0 aliphatic rings. The highest BCUT2D eigenvalue weighted by atomic mass is 15.3. The molecule has 0 fully saturated rings. The number of rotatable bonds is 3. The van der Waals surface area contributed by atoms with Crippen LogP contribution in [-0.4, -0.2) is 19.7 Å². The summed E-state index contributed by atoms with van der Waals surface area (Å²) in [6.45, 7) is 0.853. The van der Waals surface area contributed by atoms with Gasteiger partial charge in [0.1, 0.15) is 12.7 Å². The van der Waals surface area contributed by atoms with E-state index in [0.717, 1.165) is 13.0 Å². The first-order valence-electron chi connectivity index (χ1n) is 4.16. The highest BCUT2D eigenvalue weighted by molar-refractivity contribution is 5.08. The van der Waals surface area contributed by atoms with Crippen LogP contribution in [0, 0.1) is 0 Å². The lowest BCUT2D eigenvalue weighted by atomic mass is 10.2. The topological polar surface area (TPSA) is 43.6 Å². The van der Waals surface area contributed by atoms with Crippen LogP contribution in [0.1, 0.15) is 5.56 Å². The Balaban J connectivity index is 1.94. The van der Waals surface area contributed by atoms with E-state index in [1.165, 1.54) is 5.56 Å². The van der Waals surface area contributed by atoms with Crippen LogP contribution >= 0.6 is 0 Å². The van der Waals surface area contributed by atoms with Gasteiger partial charge in [-0.3, -0.25) is 9.67 Å². The Morgan fingerprint density at radius 2 is 2.31 bits per heavy atom. The molecule has 0 atom stereocenters. The Morgan fingerprint density at radius 1 is 1.31 bits per heavy atom. The second-order valence-electron chi connectivity index (χ2n) is 2.77. The van der Waals surface area contributed by atoms with Crippen molar-refractivity contribution in [3.05, 3.63) is 42.7 Å². The minimum atomic E-state index is 0.853. The SMILES string of the molecule is c1cncc(CCn2cncn2)c1. The van der Waals surface area contributed by atoms with Crippen molar-refractivity contribution in [2.75, 3.05) is 0 Å². The van der Waals surface area contributed by atoms with Crippen LogP contribution in [0.25, 0.3) is 0 Å². The van der Waals surface area contributed by atoms with Gasteiger partial charge in [0.05, 0.1) is 0 Å². The first-order valence-corrected chi connectivity index (χ1v) is 4.16. The Labute approximate surface area is 76.3 Å². The maximum Gasteiger partial charge on any atom is 0.137 e. The van der Waals surface area contributed by atoms with E-state index < -0.39 is 0 Å². The molecule has 0 bridgehead atoms. The second kappa shape index (κ2) is 3.80. The minimum absolute atomic E-state index is 0.853. The molecule has 0 spiro atoms. The molecule has 0 unspecified atom stereocenters. The fraction of sp³-hybridized carbons (Fsp3) is 0.222. The van der Waals surface area contributed by atoms with Crippen molar-refractivity contribution in [2.24, 2.45) is 0 Å². The van der Waals surface area contributed by atoms with E-state index in [1.54, 1.807) is 18.9 Å². The summed E-state index contributed by atoms with van der Waals surface area (Å²) in [6, 6.07) is 4.00. The zero-order valence-corrected chi connectivity index (χ0v) is 7.17. The standard InChI is InChI=1S/C9H10N4/c1-2-9(6-10-4-1)3-5-13-8-11-7-12-13/h1-2,4,6-8H,3,5H2. The van der Waals surface area contributed by atoms with Crippen LogP contribution in [0.4, 0.5) is 0 Å². The van der Waals surface area contributed by atoms with Crippen LogP contribution in [-0.2, 0) is 13.0 Å². The van der Waals surface area contributed by atoms with Gasteiger partial charge in [0.25, 0.3) is 0 Å². The fourth-order valence-corrected chi connectivity index (χ4v) is 1.14. The molecule has 4 nitrogen and oxygen atoms in total. The van der Waals surface area contributed by atoms with Crippen LogP contribution in [0.5, 0.6) is 0 Å². The van der Waals surface area contributed by atoms with Crippen LogP contribution in [0.3, 0.4) is 0 Å². The molecule has 4 heteroatoms. The largest absolute Gasteiger partial charge is 0.264 e. The van der Waals surface area contributed by atoms with E-state index in [1.807, 2.05) is 16.9 Å². The normalized spacial score (nSPS) is 10.2. The van der Waals surface area contributed by atoms with Gasteiger partial charge in [0, 0.05) is 18.9 Å². The van der Waals surface area contributed by atoms with E-state index in [9.17, 15) is 0 Å². The van der Waals surface area contributed by atoms with Crippen LogP contribution in [0.15, 0.2) is 37.2 Å². The number of aromatic nitrogens is 4. The highest BCUT2D eigenvalue weighted by Crippen LogP contribution is 1.98. The average molecular weight is 174 g/mol. The van der Waals surface area contributed by atoms with Crippen molar-refractivity contribution < 1.29 is 0 Å². The summed E-state index contributed by atoms with van der Waals surface area (Å²) in [5.74, 6) is 0. The summed E-state index contributed by atoms with van der Waals surface area (Å²) >= 11 is 0. The van der Waals surface area contributed by atoms with Crippen LogP contribution < -0.4 is 0 Å². The summed E-state index contributed by atoms with van der Waals surface area (Å²) < 4.78 is 1.81. The maximum absolute atomic E-state index is 4.04. The number of hydrogen-bond donors (Lipinski definition) is 0. The third kappa shape index (κ3) is 2.11. The van der Waals surface area contributed by atoms with Gasteiger partial charge in [-0.2, -0.15) is 5.10 Å². The van der Waals surface area contributed by atoms with Gasteiger partial charge in [0.15, 0.2) is 0 Å². The van der Waals surface area contributed by atoms with E-state index in [0.29, 0.717) is 0 Å². The van der Waals surface area contributed by atoms with E-state index in [-0.39, 0.29) is 0 Å². The summed E-state index contributed by atoms with van der Waals surface area (Å²) in [5.41, 5.74) is 1.22. The molecule has 0 saturated heterocycles. The molecule has 2 heterocycles. The maximum atomic E-state index is 4.04. The van der Waals surface area contributed by atoms with Crippen molar-refractivity contribution in [1.82, 2.24) is 19.7 Å². The molecule has 0 N–H and O–H groups in total. The van der Waals surface area contributed by atoms with Crippen molar-refractivity contribution in [1.29, 1.82) is 0 Å². The molecule has 0 amide bonds. The monoisotopic (exact) mass is 174 g/mol. The lowest BCUT2D eigenvalue weighted by molar-refractivity contribution is 0.612. The zero-order valence-electron chi connectivity index (χ0n) is 7.17. The smallest absolute Gasteiger partial charge is 0.137 e. The Kier molecular flexibility index (Phi) is 2.31. The van der Waals surface area contributed by atoms with Gasteiger partial charge in [-0.25, -0.2) is 4.98 Å². The zero-order chi connectivity index (χ0) is 8.93. The first-order chi connectivity index (χ1) is 6.45. The third-order valence-corrected chi connectivity index (χ3v) is 1.82. The Bertz CT molecular complexity index is 341. The molecule has 2 aromatic rings. The summed E-state index contributed by atoms with van der Waals surface area (Å²) in [7, 11) is 0. The summed E-state index contributed by atoms with van der Waals surface area (Å²) in [6.07, 6.45) is 7.85. The van der Waals surface area contributed by atoms with Gasteiger partial charge in [0.2, 0.25) is 0 Å². The van der Waals surface area contributed by atoms with Gasteiger partial charge in [-0.1, -0.05) is 6.07 Å². The number of hydrogen-bond acceptors (Lipinski definition) is 3. The Hall–Kier alpha value is -1.71. The lowest BCUT2D eigenvalue weighted by Crippen LogP contribution is -2.01. The lowest BCUT2D eigenvalue weighted by Gasteiger charge is -1.99. The van der Waals surface area contributed by atoms with Gasteiger partial charge in [-0.15, -0.1) is 0 Å². The molecule has 0 radical (unpaired) electrons. The van der Waals surface area contributed by atoms with Crippen LogP contribution in [0.2, 0.25) is 0 Å². The number of aryl methyl sites for hydroxylation is 2. The van der Waals surface area contributed by atoms with Gasteiger partial charge < -0.3 is 0 Å². The van der Waals surface area contributed by atoms with E-state index in [2.05, 4.69) is 21.1 Å². The second-order valence-corrected chi connectivity index (χ2v) is 2.77. The summed E-state index contributed by atoms with van der Waals surface area (Å²) in [4.78, 5) is 7.91. The molecule has 0 aliphatic carbocycles. The predicted molar refractivity (Wildman–Crippen MR) is 48.0 cm³/mol. The molecule has 2 aromatic heterocycles.